The number of halogens is 1. The van der Waals surface area contributed by atoms with E-state index in [0.29, 0.717) is 6.04 Å². The zero-order chi connectivity index (χ0) is 21.8. The van der Waals surface area contributed by atoms with E-state index in [0.717, 1.165) is 54.1 Å². The van der Waals surface area contributed by atoms with Crippen LogP contribution in [0.1, 0.15) is 29.3 Å². The lowest BCUT2D eigenvalue weighted by atomic mass is 10.0. The molecular formula is C27H29ClN4. The molecular weight excluding hydrogens is 416 g/mol. The maximum Gasteiger partial charge on any atom is 0.0693 e. The van der Waals surface area contributed by atoms with Crippen molar-refractivity contribution in [1.29, 1.82) is 0 Å². The predicted molar refractivity (Wildman–Crippen MR) is 134 cm³/mol. The van der Waals surface area contributed by atoms with Crippen LogP contribution in [0, 0.1) is 0 Å². The lowest BCUT2D eigenvalue weighted by Crippen LogP contribution is -2.35. The summed E-state index contributed by atoms with van der Waals surface area (Å²) < 4.78 is 0. The third-order valence-electron chi connectivity index (χ3n) is 6.20. The highest BCUT2D eigenvalue weighted by Gasteiger charge is 2.22. The van der Waals surface area contributed by atoms with E-state index in [-0.39, 0.29) is 6.04 Å². The van der Waals surface area contributed by atoms with E-state index in [1.807, 2.05) is 18.2 Å². The summed E-state index contributed by atoms with van der Waals surface area (Å²) in [6, 6.07) is 28.1. The van der Waals surface area contributed by atoms with E-state index in [1.165, 1.54) is 16.8 Å². The van der Waals surface area contributed by atoms with Crippen molar-refractivity contribution in [3.8, 4) is 0 Å². The Kier molecular flexibility index (Phi) is 6.44. The zero-order valence-corrected chi connectivity index (χ0v) is 18.8. The molecule has 32 heavy (non-hydrogen) atoms. The largest absolute Gasteiger partial charge is 0.379 e. The molecule has 0 spiro atoms. The van der Waals surface area contributed by atoms with Gasteiger partial charge in [0.25, 0.3) is 0 Å². The Hall–Kier alpha value is -2.79. The molecule has 3 aromatic carbocycles. The SMILES string of the molecule is Clc1cc(NCc2ccccc2)c2[nH]c(C(Cc3ccccc3)NC3CCNC3)cc2c1. The fourth-order valence-electron chi connectivity index (χ4n) is 4.54. The number of hydrogen-bond acceptors (Lipinski definition) is 3. The highest BCUT2D eigenvalue weighted by molar-refractivity contribution is 6.31. The number of aromatic amines is 1. The van der Waals surface area contributed by atoms with Crippen LogP contribution in [0.5, 0.6) is 0 Å². The summed E-state index contributed by atoms with van der Waals surface area (Å²) in [7, 11) is 0. The molecule has 164 valence electrons. The first-order chi connectivity index (χ1) is 15.7. The van der Waals surface area contributed by atoms with E-state index in [4.69, 9.17) is 11.6 Å². The van der Waals surface area contributed by atoms with Gasteiger partial charge in [0.15, 0.2) is 0 Å². The van der Waals surface area contributed by atoms with Gasteiger partial charge in [0, 0.05) is 35.2 Å². The molecule has 1 aliphatic heterocycles. The normalized spacial score (nSPS) is 17.0. The van der Waals surface area contributed by atoms with Crippen LogP contribution < -0.4 is 16.0 Å². The van der Waals surface area contributed by atoms with Crippen molar-refractivity contribution in [2.24, 2.45) is 0 Å². The molecule has 5 heteroatoms. The maximum atomic E-state index is 6.48. The minimum Gasteiger partial charge on any atom is -0.379 e. The van der Waals surface area contributed by atoms with E-state index in [1.54, 1.807) is 0 Å². The summed E-state index contributed by atoms with van der Waals surface area (Å²) in [4.78, 5) is 3.72. The van der Waals surface area contributed by atoms with Crippen LogP contribution in [0.15, 0.2) is 78.9 Å². The molecule has 2 heterocycles. The first-order valence-corrected chi connectivity index (χ1v) is 11.7. The van der Waals surface area contributed by atoms with Gasteiger partial charge in [-0.1, -0.05) is 72.3 Å². The summed E-state index contributed by atoms with van der Waals surface area (Å²) in [6.45, 7) is 2.84. The van der Waals surface area contributed by atoms with Crippen molar-refractivity contribution in [2.45, 2.75) is 31.5 Å². The van der Waals surface area contributed by atoms with Crippen LogP contribution in [-0.4, -0.2) is 24.1 Å². The lowest BCUT2D eigenvalue weighted by molar-refractivity contribution is 0.446. The van der Waals surface area contributed by atoms with Gasteiger partial charge in [-0.25, -0.2) is 0 Å². The first-order valence-electron chi connectivity index (χ1n) is 11.4. The molecule has 4 nitrogen and oxygen atoms in total. The zero-order valence-electron chi connectivity index (χ0n) is 18.1. The number of rotatable bonds is 8. The van der Waals surface area contributed by atoms with Crippen molar-refractivity contribution >= 4 is 28.2 Å². The van der Waals surface area contributed by atoms with Crippen molar-refractivity contribution in [2.75, 3.05) is 18.4 Å². The smallest absolute Gasteiger partial charge is 0.0693 e. The quantitative estimate of drug-likeness (QED) is 0.283. The number of benzene rings is 3. The minimum atomic E-state index is 0.204. The molecule has 1 aliphatic rings. The average Bonchev–Trinajstić information content (AvgIpc) is 3.48. The Morgan fingerprint density at radius 2 is 1.69 bits per heavy atom. The Morgan fingerprint density at radius 3 is 2.41 bits per heavy atom. The number of aromatic nitrogens is 1. The molecule has 0 radical (unpaired) electrons. The molecule has 1 fully saturated rings. The molecule has 4 N–H and O–H groups in total. The fraction of sp³-hybridized carbons (Fsp3) is 0.259. The molecule has 1 aromatic heterocycles. The van der Waals surface area contributed by atoms with Crippen LogP contribution in [0.2, 0.25) is 5.02 Å². The van der Waals surface area contributed by atoms with Crippen LogP contribution in [0.3, 0.4) is 0 Å². The predicted octanol–water partition coefficient (Wildman–Crippen LogP) is 5.67. The van der Waals surface area contributed by atoms with Gasteiger partial charge in [0.1, 0.15) is 0 Å². The molecule has 1 saturated heterocycles. The summed E-state index contributed by atoms with van der Waals surface area (Å²) in [6.07, 6.45) is 2.09. The highest BCUT2D eigenvalue weighted by Crippen LogP contribution is 2.32. The number of H-pyrrole nitrogens is 1. The van der Waals surface area contributed by atoms with E-state index < -0.39 is 0 Å². The molecule has 2 atom stereocenters. The van der Waals surface area contributed by atoms with Gasteiger partial charge in [-0.15, -0.1) is 0 Å². The Bertz CT molecular complexity index is 1150. The van der Waals surface area contributed by atoms with Crippen LogP contribution in [0.4, 0.5) is 5.69 Å². The molecule has 0 aliphatic carbocycles. The Labute approximate surface area is 194 Å². The van der Waals surface area contributed by atoms with Crippen LogP contribution in [0.25, 0.3) is 10.9 Å². The highest BCUT2D eigenvalue weighted by atomic mass is 35.5. The van der Waals surface area contributed by atoms with Crippen LogP contribution >= 0.6 is 11.6 Å². The molecule has 4 aromatic rings. The van der Waals surface area contributed by atoms with E-state index in [9.17, 15) is 0 Å². The van der Waals surface area contributed by atoms with Gasteiger partial charge in [-0.3, -0.25) is 0 Å². The molecule has 5 rings (SSSR count). The molecule has 2 unspecified atom stereocenters. The maximum absolute atomic E-state index is 6.48. The van der Waals surface area contributed by atoms with Gasteiger partial charge in [-0.2, -0.15) is 0 Å². The topological polar surface area (TPSA) is 51.9 Å². The first kappa shape index (κ1) is 21.1. The second-order valence-electron chi connectivity index (χ2n) is 8.58. The molecule has 0 bridgehead atoms. The van der Waals surface area contributed by atoms with Gasteiger partial charge in [0.05, 0.1) is 17.2 Å². The van der Waals surface area contributed by atoms with Crippen LogP contribution in [-0.2, 0) is 13.0 Å². The third kappa shape index (κ3) is 4.99. The number of nitrogens with one attached hydrogen (secondary N) is 4. The summed E-state index contributed by atoms with van der Waals surface area (Å²) in [5.41, 5.74) is 5.90. The number of hydrogen-bond donors (Lipinski definition) is 4. The van der Waals surface area contributed by atoms with E-state index >= 15 is 0 Å². The second kappa shape index (κ2) is 9.78. The van der Waals surface area contributed by atoms with Gasteiger partial charge >= 0.3 is 0 Å². The summed E-state index contributed by atoms with van der Waals surface area (Å²) in [5.74, 6) is 0. The average molecular weight is 445 g/mol. The van der Waals surface area contributed by atoms with Crippen molar-refractivity contribution in [1.82, 2.24) is 15.6 Å². The fourth-order valence-corrected chi connectivity index (χ4v) is 4.77. The number of fused-ring (bicyclic) bond motifs is 1. The standard InChI is InChI=1S/C27H29ClN4/c28-22-14-21-15-25(32-27(21)26(16-22)30-17-20-9-5-2-6-10-20)24(31-23-11-12-29-18-23)13-19-7-3-1-4-8-19/h1-10,14-16,23-24,29-32H,11-13,17-18H2. The van der Waals surface area contributed by atoms with Crippen molar-refractivity contribution in [3.05, 3.63) is 101 Å². The van der Waals surface area contributed by atoms with Gasteiger partial charge in [0.2, 0.25) is 0 Å². The summed E-state index contributed by atoms with van der Waals surface area (Å²) in [5, 5.41) is 12.8. The van der Waals surface area contributed by atoms with E-state index in [2.05, 4.69) is 81.6 Å². The second-order valence-corrected chi connectivity index (χ2v) is 9.02. The monoisotopic (exact) mass is 444 g/mol. The van der Waals surface area contributed by atoms with Gasteiger partial charge < -0.3 is 20.9 Å². The summed E-state index contributed by atoms with van der Waals surface area (Å²) >= 11 is 6.48. The third-order valence-corrected chi connectivity index (χ3v) is 6.41. The Morgan fingerprint density at radius 1 is 0.938 bits per heavy atom. The van der Waals surface area contributed by atoms with Gasteiger partial charge in [-0.05, 0) is 48.7 Å². The minimum absolute atomic E-state index is 0.204. The number of anilines is 1. The lowest BCUT2D eigenvalue weighted by Gasteiger charge is -2.22. The molecule has 0 amide bonds. The van der Waals surface area contributed by atoms with Crippen molar-refractivity contribution < 1.29 is 0 Å². The van der Waals surface area contributed by atoms with Crippen molar-refractivity contribution in [3.63, 3.8) is 0 Å². The Balaban J connectivity index is 1.44. The molecule has 0 saturated carbocycles.